The highest BCUT2D eigenvalue weighted by atomic mass is 35.5. The topological polar surface area (TPSA) is 85.3 Å². The molecule has 0 aromatic heterocycles. The van der Waals surface area contributed by atoms with Gasteiger partial charge in [-0.3, -0.25) is 9.59 Å². The lowest BCUT2D eigenvalue weighted by Gasteiger charge is -2.19. The predicted octanol–water partition coefficient (Wildman–Crippen LogP) is 1.68. The van der Waals surface area contributed by atoms with Crippen molar-refractivity contribution in [2.45, 2.75) is 25.4 Å². The Kier molecular flexibility index (Phi) is 3.81. The number of halogens is 1. The molecule has 23 heavy (non-hydrogen) atoms. The first-order chi connectivity index (χ1) is 11.0. The molecule has 0 saturated carbocycles. The van der Waals surface area contributed by atoms with E-state index in [-0.39, 0.29) is 25.2 Å². The number of benzene rings is 1. The summed E-state index contributed by atoms with van der Waals surface area (Å²) in [5, 5.41) is 4.04. The first-order valence-electron chi connectivity index (χ1n) is 7.02. The molecule has 8 heteroatoms. The molecule has 120 valence electrons. The molecular formula is C15H13ClN2O5. The van der Waals surface area contributed by atoms with Crippen molar-refractivity contribution in [2.24, 2.45) is 5.16 Å². The lowest BCUT2D eigenvalue weighted by Crippen LogP contribution is -2.41. The molecule has 1 atom stereocenters. The van der Waals surface area contributed by atoms with E-state index in [1.165, 1.54) is 6.07 Å². The quantitative estimate of drug-likeness (QED) is 0.619. The molecule has 0 bridgehead atoms. The molecule has 1 aromatic rings. The number of oxime groups is 1. The summed E-state index contributed by atoms with van der Waals surface area (Å²) in [6.07, 6.45) is -0.280. The van der Waals surface area contributed by atoms with Crippen LogP contribution in [-0.2, 0) is 24.0 Å². The highest BCUT2D eigenvalue weighted by Gasteiger charge is 2.58. The zero-order valence-corrected chi connectivity index (χ0v) is 13.0. The normalized spacial score (nSPS) is 23.2. The molecule has 7 nitrogen and oxygen atoms in total. The Bertz CT molecular complexity index is 732. The number of rotatable bonds is 3. The third-order valence-corrected chi connectivity index (χ3v) is 3.88. The maximum atomic E-state index is 12.7. The summed E-state index contributed by atoms with van der Waals surface area (Å²) in [7, 11) is 0. The number of amides is 2. The van der Waals surface area contributed by atoms with E-state index in [0.717, 1.165) is 4.90 Å². The molecule has 2 heterocycles. The minimum atomic E-state index is -1.47. The Hall–Kier alpha value is -2.41. The summed E-state index contributed by atoms with van der Waals surface area (Å²) < 4.78 is 4.84. The number of carbonyl (C=O) groups is 3. The molecule has 2 aliphatic rings. The van der Waals surface area contributed by atoms with E-state index in [9.17, 15) is 14.4 Å². The highest BCUT2D eigenvalue weighted by Crippen LogP contribution is 2.38. The van der Waals surface area contributed by atoms with Crippen molar-refractivity contribution in [2.75, 3.05) is 11.5 Å². The van der Waals surface area contributed by atoms with Crippen molar-refractivity contribution < 1.29 is 24.0 Å². The second-order valence-electron chi connectivity index (χ2n) is 5.21. The molecule has 3 rings (SSSR count). The van der Waals surface area contributed by atoms with Crippen molar-refractivity contribution in [3.05, 3.63) is 29.3 Å². The number of imide groups is 1. The zero-order valence-electron chi connectivity index (χ0n) is 12.2. The fraction of sp³-hybridized carbons (Fsp3) is 0.333. The number of carbonyl (C=O) groups excluding carboxylic acids is 3. The van der Waals surface area contributed by atoms with Crippen LogP contribution in [0, 0.1) is 0 Å². The standard InChI is InChI=1S/C15H13ClN2O5/c1-2-22-13(20)11-7-15(23-17-11)8-12(19)18(14(15)21)10-5-3-4-9(16)6-10/h3-6H,2,7-8H2,1H3. The Morgan fingerprint density at radius 2 is 2.22 bits per heavy atom. The predicted molar refractivity (Wildman–Crippen MR) is 81.1 cm³/mol. The first kappa shape index (κ1) is 15.5. The van der Waals surface area contributed by atoms with Crippen LogP contribution in [0.4, 0.5) is 5.69 Å². The van der Waals surface area contributed by atoms with Crippen LogP contribution in [0.2, 0.25) is 5.02 Å². The maximum absolute atomic E-state index is 12.7. The number of anilines is 1. The molecule has 0 N–H and O–H groups in total. The molecule has 2 aliphatic heterocycles. The maximum Gasteiger partial charge on any atom is 0.356 e. The third kappa shape index (κ3) is 2.57. The smallest absolute Gasteiger partial charge is 0.356 e. The Morgan fingerprint density at radius 3 is 2.91 bits per heavy atom. The summed E-state index contributed by atoms with van der Waals surface area (Å²) in [4.78, 5) is 42.9. The second-order valence-corrected chi connectivity index (χ2v) is 5.65. The molecule has 1 spiro atoms. The van der Waals surface area contributed by atoms with Gasteiger partial charge in [0.05, 0.1) is 25.1 Å². The lowest BCUT2D eigenvalue weighted by atomic mass is 9.95. The van der Waals surface area contributed by atoms with Crippen LogP contribution in [0.3, 0.4) is 0 Å². The minimum Gasteiger partial charge on any atom is -0.461 e. The van der Waals surface area contributed by atoms with Gasteiger partial charge in [0, 0.05) is 5.02 Å². The van der Waals surface area contributed by atoms with Crippen LogP contribution >= 0.6 is 11.6 Å². The monoisotopic (exact) mass is 336 g/mol. The van der Waals surface area contributed by atoms with Gasteiger partial charge in [0.15, 0.2) is 5.71 Å². The van der Waals surface area contributed by atoms with Crippen molar-refractivity contribution in [3.8, 4) is 0 Å². The van der Waals surface area contributed by atoms with Gasteiger partial charge in [-0.1, -0.05) is 22.8 Å². The van der Waals surface area contributed by atoms with Gasteiger partial charge in [0.2, 0.25) is 11.5 Å². The van der Waals surface area contributed by atoms with Crippen LogP contribution in [-0.4, -0.2) is 35.7 Å². The molecule has 0 radical (unpaired) electrons. The Morgan fingerprint density at radius 1 is 1.43 bits per heavy atom. The lowest BCUT2D eigenvalue weighted by molar-refractivity contribution is -0.136. The van der Waals surface area contributed by atoms with Crippen LogP contribution in [0.1, 0.15) is 19.8 Å². The van der Waals surface area contributed by atoms with Gasteiger partial charge in [-0.15, -0.1) is 0 Å². The summed E-state index contributed by atoms with van der Waals surface area (Å²) >= 11 is 5.91. The SMILES string of the molecule is CCOC(=O)C1=NOC2(CC(=O)N(c3cccc(Cl)c3)C2=O)C1. The van der Waals surface area contributed by atoms with E-state index in [4.69, 9.17) is 21.2 Å². The summed E-state index contributed by atoms with van der Waals surface area (Å²) in [6, 6.07) is 6.39. The molecule has 2 amide bonds. The van der Waals surface area contributed by atoms with Gasteiger partial charge in [0.1, 0.15) is 0 Å². The van der Waals surface area contributed by atoms with Crippen molar-refractivity contribution in [3.63, 3.8) is 0 Å². The number of ether oxygens (including phenoxy) is 1. The van der Waals surface area contributed by atoms with Crippen molar-refractivity contribution in [1.29, 1.82) is 0 Å². The van der Waals surface area contributed by atoms with E-state index in [0.29, 0.717) is 10.7 Å². The number of esters is 1. The first-order valence-corrected chi connectivity index (χ1v) is 7.40. The molecule has 1 fully saturated rings. The summed E-state index contributed by atoms with van der Waals surface area (Å²) in [6.45, 7) is 1.85. The number of hydrogen-bond acceptors (Lipinski definition) is 6. The third-order valence-electron chi connectivity index (χ3n) is 3.64. The fourth-order valence-corrected chi connectivity index (χ4v) is 2.79. The fourth-order valence-electron chi connectivity index (χ4n) is 2.60. The summed E-state index contributed by atoms with van der Waals surface area (Å²) in [5.41, 5.74) is -1.11. The largest absolute Gasteiger partial charge is 0.461 e. The molecular weight excluding hydrogens is 324 g/mol. The Balaban J connectivity index is 1.84. The van der Waals surface area contributed by atoms with Gasteiger partial charge in [0.25, 0.3) is 5.91 Å². The van der Waals surface area contributed by atoms with E-state index in [1.54, 1.807) is 25.1 Å². The number of hydrogen-bond donors (Lipinski definition) is 0. The molecule has 0 aliphatic carbocycles. The van der Waals surface area contributed by atoms with E-state index < -0.39 is 23.4 Å². The van der Waals surface area contributed by atoms with Crippen molar-refractivity contribution in [1.82, 2.24) is 0 Å². The molecule has 1 saturated heterocycles. The van der Waals surface area contributed by atoms with Crippen LogP contribution in [0.5, 0.6) is 0 Å². The average molecular weight is 337 g/mol. The number of nitrogens with zero attached hydrogens (tertiary/aromatic N) is 2. The van der Waals surface area contributed by atoms with Crippen molar-refractivity contribution >= 4 is 40.8 Å². The summed E-state index contributed by atoms with van der Waals surface area (Å²) in [5.74, 6) is -1.64. The average Bonchev–Trinajstić information content (AvgIpc) is 3.02. The van der Waals surface area contributed by atoms with E-state index >= 15 is 0 Å². The van der Waals surface area contributed by atoms with Gasteiger partial charge in [-0.2, -0.15) is 0 Å². The minimum absolute atomic E-state index is 0.000874. The highest BCUT2D eigenvalue weighted by molar-refractivity contribution is 6.39. The van der Waals surface area contributed by atoms with Gasteiger partial charge >= 0.3 is 5.97 Å². The van der Waals surface area contributed by atoms with E-state index in [1.807, 2.05) is 0 Å². The van der Waals surface area contributed by atoms with Gasteiger partial charge in [-0.25, -0.2) is 9.69 Å². The second kappa shape index (κ2) is 5.66. The molecule has 1 unspecified atom stereocenters. The van der Waals surface area contributed by atoms with Gasteiger partial charge < -0.3 is 9.57 Å². The van der Waals surface area contributed by atoms with Gasteiger partial charge in [-0.05, 0) is 25.1 Å². The Labute approximate surface area is 136 Å². The van der Waals surface area contributed by atoms with Crippen LogP contribution in [0.25, 0.3) is 0 Å². The van der Waals surface area contributed by atoms with E-state index in [2.05, 4.69) is 5.16 Å². The molecule has 1 aromatic carbocycles. The zero-order chi connectivity index (χ0) is 16.6. The van der Waals surface area contributed by atoms with Crippen LogP contribution in [0.15, 0.2) is 29.4 Å². The van der Waals surface area contributed by atoms with Crippen LogP contribution < -0.4 is 4.90 Å².